The van der Waals surface area contributed by atoms with Gasteiger partial charge in [0.2, 0.25) is 0 Å². The molecule has 24 aromatic rings. The van der Waals surface area contributed by atoms with E-state index in [2.05, 4.69) is 413 Å². The summed E-state index contributed by atoms with van der Waals surface area (Å²) in [6.45, 7) is 0. The van der Waals surface area contributed by atoms with Crippen LogP contribution < -0.4 is 0 Å². The van der Waals surface area contributed by atoms with Crippen molar-refractivity contribution >= 4 is 128 Å². The molecule has 0 spiro atoms. The Balaban J connectivity index is 0.591. The Morgan fingerprint density at radius 2 is 0.451 bits per heavy atom. The van der Waals surface area contributed by atoms with Crippen LogP contribution in [0.3, 0.4) is 0 Å². The summed E-state index contributed by atoms with van der Waals surface area (Å²) < 4.78 is 4.74. The maximum Gasteiger partial charge on any atom is 0.165 e. The van der Waals surface area contributed by atoms with Gasteiger partial charge in [0.25, 0.3) is 0 Å². The van der Waals surface area contributed by atoms with Crippen molar-refractivity contribution in [3.05, 3.63) is 413 Å². The zero-order valence-corrected chi connectivity index (χ0v) is 67.4. The monoisotopic (exact) mass is 1580 g/mol. The number of hydrogen-bond acceptors (Lipinski definition) is 8. The topological polar surface area (TPSA) is 77.3 Å². The number of nitrogens with zero attached hydrogens (tertiary/aromatic N) is 6. The molecule has 0 atom stereocenters. The Morgan fingerprint density at radius 1 is 0.131 bits per heavy atom. The standard InChI is InChI=1S/C114H68N6S2/c1-2-24-72(25-3-1)102-66-82(63-77-27-6-9-32-85(77)102)70-47-52-73(53-48-70)110-116-112(120-114(118-110)101-44-22-42-97-95-40-17-19-46-106(95)122-108(97)101)99-60-58-93(90-36-13-15-38-92(90)99)104-68-84(65-79-29-8-11-34-87(79)104)76-30-20-31-80(62-76)103-67-83(64-78-28-7-10-33-86(78)103)71-49-54-74(55-50-71)109-115-111(119-113(117-109)100-43-21-41-96-94-39-16-18-45-105(94)121-107(96)100)98-59-57-88(89-35-12-14-37-91(89)98)81-56-51-69-23-4-5-26-75(69)61-81/h1-68H. The van der Waals surface area contributed by atoms with Crippen molar-refractivity contribution in [3.8, 4) is 146 Å². The van der Waals surface area contributed by atoms with E-state index in [1.54, 1.807) is 22.7 Å². The molecule has 0 aliphatic rings. The molecule has 4 aromatic heterocycles. The van der Waals surface area contributed by atoms with Crippen molar-refractivity contribution in [2.45, 2.75) is 0 Å². The Hall–Kier alpha value is -15.6. The minimum atomic E-state index is 0.602. The lowest BCUT2D eigenvalue weighted by Crippen LogP contribution is -2.01. The van der Waals surface area contributed by atoms with Gasteiger partial charge in [-0.05, 0) is 227 Å². The number of rotatable bonds is 13. The summed E-state index contributed by atoms with van der Waals surface area (Å²) in [5.41, 5.74) is 21.5. The molecule has 24 rings (SSSR count). The quantitative estimate of drug-likeness (QED) is 0.114. The van der Waals surface area contributed by atoms with Crippen molar-refractivity contribution < 1.29 is 0 Å². The van der Waals surface area contributed by atoms with Crippen LogP contribution in [-0.4, -0.2) is 29.9 Å². The summed E-state index contributed by atoms with van der Waals surface area (Å²) in [4.78, 5) is 32.8. The average molecular weight is 1590 g/mol. The third-order valence-electron chi connectivity index (χ3n) is 24.4. The lowest BCUT2D eigenvalue weighted by atomic mass is 9.88. The summed E-state index contributed by atoms with van der Waals surface area (Å²) in [6, 6.07) is 149. The fourth-order valence-electron chi connectivity index (χ4n) is 18.4. The van der Waals surface area contributed by atoms with Gasteiger partial charge in [-0.1, -0.05) is 328 Å². The molecule has 0 saturated heterocycles. The number of fused-ring (bicyclic) bond motifs is 12. The number of benzene rings is 20. The Labute approximate surface area is 711 Å². The van der Waals surface area contributed by atoms with Crippen LogP contribution in [0.1, 0.15) is 0 Å². The first kappa shape index (κ1) is 70.6. The summed E-state index contributed by atoms with van der Waals surface area (Å²) in [5.74, 6) is 3.68. The van der Waals surface area contributed by atoms with E-state index < -0.39 is 0 Å². The molecule has 4 heterocycles. The molecule has 0 unspecified atom stereocenters. The third-order valence-corrected chi connectivity index (χ3v) is 26.8. The third kappa shape index (κ3) is 12.3. The van der Waals surface area contributed by atoms with E-state index in [1.165, 1.54) is 69.0 Å². The molecule has 0 saturated carbocycles. The SMILES string of the molecule is c1ccc(-c2cc(-c3ccc(-c4nc(-c5ccc(-c6cc(-c7cccc(-c8cc(-c9ccc(-c%10nc(-c%11ccc(-c%12ccc%13ccccc%13c%12)c%12ccccc%11%12)nc(-c%11cccc%12c%11sc%11ccccc%11%12)n%10)cc9)cc9ccccc89)c7)cc7ccccc67)c6ccccc56)nc(-c5cccc6c5sc5ccccc56)n4)cc3)cc3ccccc23)cc1. The predicted octanol–water partition coefficient (Wildman–Crippen LogP) is 31.4. The van der Waals surface area contributed by atoms with Gasteiger partial charge < -0.3 is 0 Å². The lowest BCUT2D eigenvalue weighted by molar-refractivity contribution is 1.08. The van der Waals surface area contributed by atoms with Gasteiger partial charge in [-0.3, -0.25) is 0 Å². The average Bonchev–Trinajstić information content (AvgIpc) is 0.933. The molecule has 0 N–H and O–H groups in total. The minimum absolute atomic E-state index is 0.602. The summed E-state index contributed by atoms with van der Waals surface area (Å²) in [5, 5.41) is 18.6. The van der Waals surface area contributed by atoms with Crippen molar-refractivity contribution in [3.63, 3.8) is 0 Å². The Bertz CT molecular complexity index is 8400. The van der Waals surface area contributed by atoms with E-state index in [4.69, 9.17) is 29.9 Å². The van der Waals surface area contributed by atoms with Crippen LogP contribution in [-0.2, 0) is 0 Å². The molecular formula is C114H68N6S2. The number of hydrogen-bond donors (Lipinski definition) is 0. The largest absolute Gasteiger partial charge is 0.208 e. The molecule has 0 amide bonds. The van der Waals surface area contributed by atoms with Crippen LogP contribution in [0.2, 0.25) is 0 Å². The highest BCUT2D eigenvalue weighted by atomic mass is 32.1. The molecule has 0 fully saturated rings. The molecule has 0 bridgehead atoms. The molecule has 0 radical (unpaired) electrons. The first-order valence-electron chi connectivity index (χ1n) is 41.3. The van der Waals surface area contributed by atoms with E-state index in [0.717, 1.165) is 147 Å². The molecule has 0 aliphatic heterocycles. The van der Waals surface area contributed by atoms with Crippen molar-refractivity contribution in [1.29, 1.82) is 0 Å². The van der Waals surface area contributed by atoms with E-state index in [9.17, 15) is 0 Å². The predicted molar refractivity (Wildman–Crippen MR) is 515 cm³/mol. The first-order valence-corrected chi connectivity index (χ1v) is 42.9. The van der Waals surface area contributed by atoms with Gasteiger partial charge in [0.1, 0.15) is 0 Å². The maximum atomic E-state index is 5.53. The second-order valence-electron chi connectivity index (χ2n) is 31.5. The van der Waals surface area contributed by atoms with Gasteiger partial charge >= 0.3 is 0 Å². The van der Waals surface area contributed by atoms with Crippen molar-refractivity contribution in [2.24, 2.45) is 0 Å². The van der Waals surface area contributed by atoms with Crippen molar-refractivity contribution in [1.82, 2.24) is 29.9 Å². The Kier molecular flexibility index (Phi) is 16.9. The molecule has 20 aromatic carbocycles. The van der Waals surface area contributed by atoms with Crippen LogP contribution >= 0.6 is 22.7 Å². The highest BCUT2D eigenvalue weighted by Crippen LogP contribution is 2.48. The Morgan fingerprint density at radius 3 is 0.975 bits per heavy atom. The van der Waals surface area contributed by atoms with Gasteiger partial charge in [-0.2, -0.15) is 0 Å². The highest BCUT2D eigenvalue weighted by Gasteiger charge is 2.24. The first-order chi connectivity index (χ1) is 60.4. The van der Waals surface area contributed by atoms with E-state index in [1.807, 2.05) is 0 Å². The molecule has 566 valence electrons. The van der Waals surface area contributed by atoms with E-state index in [-0.39, 0.29) is 0 Å². The second kappa shape index (κ2) is 29.2. The lowest BCUT2D eigenvalue weighted by Gasteiger charge is -2.16. The van der Waals surface area contributed by atoms with E-state index in [0.29, 0.717) is 34.9 Å². The van der Waals surface area contributed by atoms with Crippen LogP contribution in [0.15, 0.2) is 413 Å². The van der Waals surface area contributed by atoms with Crippen LogP contribution in [0.4, 0.5) is 0 Å². The maximum absolute atomic E-state index is 5.53. The fraction of sp³-hybridized carbons (Fsp3) is 0. The van der Waals surface area contributed by atoms with Gasteiger partial charge in [0.15, 0.2) is 34.9 Å². The van der Waals surface area contributed by atoms with Crippen LogP contribution in [0.5, 0.6) is 0 Å². The highest BCUT2D eigenvalue weighted by molar-refractivity contribution is 7.26. The van der Waals surface area contributed by atoms with Gasteiger partial charge in [-0.15, -0.1) is 22.7 Å². The normalized spacial score (nSPS) is 11.8. The molecular weight excluding hydrogens is 1520 g/mol. The summed E-state index contributed by atoms with van der Waals surface area (Å²) in [6.07, 6.45) is 0. The van der Waals surface area contributed by atoms with Crippen LogP contribution in [0, 0.1) is 0 Å². The smallest absolute Gasteiger partial charge is 0.165 e. The second-order valence-corrected chi connectivity index (χ2v) is 33.6. The van der Waals surface area contributed by atoms with Crippen LogP contribution in [0.25, 0.3) is 251 Å². The summed E-state index contributed by atoms with van der Waals surface area (Å²) in [7, 11) is 0. The molecule has 6 nitrogen and oxygen atoms in total. The zero-order chi connectivity index (χ0) is 80.3. The van der Waals surface area contributed by atoms with Gasteiger partial charge in [0.05, 0.1) is 0 Å². The number of aromatic nitrogens is 6. The van der Waals surface area contributed by atoms with E-state index >= 15 is 0 Å². The summed E-state index contributed by atoms with van der Waals surface area (Å²) >= 11 is 3.57. The zero-order valence-electron chi connectivity index (χ0n) is 65.8. The minimum Gasteiger partial charge on any atom is -0.208 e. The van der Waals surface area contributed by atoms with Gasteiger partial charge in [0, 0.05) is 73.7 Å². The molecule has 122 heavy (non-hydrogen) atoms. The van der Waals surface area contributed by atoms with Crippen molar-refractivity contribution in [2.75, 3.05) is 0 Å². The number of thiophene rings is 2. The molecule has 0 aliphatic carbocycles. The molecule has 8 heteroatoms. The van der Waals surface area contributed by atoms with Gasteiger partial charge in [-0.25, -0.2) is 29.9 Å². The fourth-order valence-corrected chi connectivity index (χ4v) is 20.8.